The van der Waals surface area contributed by atoms with E-state index in [4.69, 9.17) is 0 Å². The van der Waals surface area contributed by atoms with Gasteiger partial charge in [0.2, 0.25) is 0 Å². The van der Waals surface area contributed by atoms with Crippen LogP contribution in [0.3, 0.4) is 0 Å². The van der Waals surface area contributed by atoms with Crippen molar-refractivity contribution in [2.45, 2.75) is 59.8 Å². The molecule has 0 saturated heterocycles. The second-order valence-corrected chi connectivity index (χ2v) is 7.07. The highest BCUT2D eigenvalue weighted by atomic mass is 16.1. The predicted octanol–water partition coefficient (Wildman–Crippen LogP) is 6.06. The average Bonchev–Trinajstić information content (AvgIpc) is 2.55. The highest BCUT2D eigenvalue weighted by Crippen LogP contribution is 2.27. The molecule has 0 unspecified atom stereocenters. The minimum atomic E-state index is -0.0157. The molecule has 2 nitrogen and oxygen atoms in total. The van der Waals surface area contributed by atoms with Gasteiger partial charge in [0.15, 0.2) is 0 Å². The molecule has 2 aromatic rings. The van der Waals surface area contributed by atoms with E-state index < -0.39 is 0 Å². The van der Waals surface area contributed by atoms with E-state index in [0.29, 0.717) is 11.8 Å². The highest BCUT2D eigenvalue weighted by Gasteiger charge is 2.17. The predicted molar refractivity (Wildman–Crippen MR) is 103 cm³/mol. The van der Waals surface area contributed by atoms with Crippen LogP contribution in [0, 0.1) is 6.92 Å². The first-order valence-electron chi connectivity index (χ1n) is 8.88. The first kappa shape index (κ1) is 18.3. The number of benzene rings is 2. The summed E-state index contributed by atoms with van der Waals surface area (Å²) in [5, 5.41) is 3.15. The molecule has 0 radical (unpaired) electrons. The third kappa shape index (κ3) is 3.87. The molecule has 0 heterocycles. The van der Waals surface area contributed by atoms with Crippen LogP contribution in [0.4, 0.5) is 5.69 Å². The lowest BCUT2D eigenvalue weighted by molar-refractivity contribution is 0.102. The zero-order valence-electron chi connectivity index (χ0n) is 15.7. The summed E-state index contributed by atoms with van der Waals surface area (Å²) in [6, 6.07) is 12.4. The largest absolute Gasteiger partial charge is 0.321 e. The van der Waals surface area contributed by atoms with Gasteiger partial charge < -0.3 is 5.32 Å². The molecular weight excluding hydrogens is 294 g/mol. The molecule has 128 valence electrons. The second kappa shape index (κ2) is 7.65. The maximum atomic E-state index is 12.9. The molecule has 0 aromatic heterocycles. The fraction of sp³-hybridized carbons (Fsp3) is 0.409. The summed E-state index contributed by atoms with van der Waals surface area (Å²) in [7, 11) is 0. The van der Waals surface area contributed by atoms with E-state index in [1.54, 1.807) is 0 Å². The number of para-hydroxylation sites is 1. The van der Waals surface area contributed by atoms with Crippen LogP contribution >= 0.6 is 0 Å². The lowest BCUT2D eigenvalue weighted by Gasteiger charge is -2.18. The van der Waals surface area contributed by atoms with Gasteiger partial charge in [0.1, 0.15) is 0 Å². The summed E-state index contributed by atoms with van der Waals surface area (Å²) in [6.45, 7) is 12.8. The van der Waals surface area contributed by atoms with Gasteiger partial charge in [0.25, 0.3) is 5.91 Å². The van der Waals surface area contributed by atoms with Crippen LogP contribution in [0.15, 0.2) is 36.4 Å². The van der Waals surface area contributed by atoms with Gasteiger partial charge in [-0.05, 0) is 53.5 Å². The van der Waals surface area contributed by atoms with E-state index in [0.717, 1.165) is 28.8 Å². The van der Waals surface area contributed by atoms with Crippen molar-refractivity contribution in [3.05, 3.63) is 64.2 Å². The molecule has 0 aliphatic rings. The van der Waals surface area contributed by atoms with Crippen LogP contribution in [0.5, 0.6) is 0 Å². The Hall–Kier alpha value is -2.09. The van der Waals surface area contributed by atoms with E-state index in [2.05, 4.69) is 58.1 Å². The van der Waals surface area contributed by atoms with Crippen molar-refractivity contribution >= 4 is 11.6 Å². The van der Waals surface area contributed by atoms with Crippen LogP contribution in [0.25, 0.3) is 0 Å². The number of rotatable bonds is 5. The van der Waals surface area contributed by atoms with Crippen molar-refractivity contribution in [2.75, 3.05) is 5.32 Å². The Morgan fingerprint density at radius 2 is 1.75 bits per heavy atom. The summed E-state index contributed by atoms with van der Waals surface area (Å²) in [5.41, 5.74) is 6.40. The molecule has 2 heteroatoms. The first-order valence-corrected chi connectivity index (χ1v) is 8.88. The smallest absolute Gasteiger partial charge is 0.255 e. The van der Waals surface area contributed by atoms with E-state index in [1.165, 1.54) is 11.1 Å². The number of carbonyl (C=O) groups is 1. The molecule has 0 saturated carbocycles. The second-order valence-electron chi connectivity index (χ2n) is 7.07. The number of anilines is 1. The van der Waals surface area contributed by atoms with E-state index in [9.17, 15) is 4.79 Å². The molecule has 0 aliphatic heterocycles. The monoisotopic (exact) mass is 323 g/mol. The van der Waals surface area contributed by atoms with Gasteiger partial charge in [0, 0.05) is 11.3 Å². The molecule has 1 N–H and O–H groups in total. The summed E-state index contributed by atoms with van der Waals surface area (Å²) >= 11 is 0. The number of aryl methyl sites for hydroxylation is 2. The van der Waals surface area contributed by atoms with Crippen molar-refractivity contribution < 1.29 is 4.79 Å². The Morgan fingerprint density at radius 1 is 1.04 bits per heavy atom. The van der Waals surface area contributed by atoms with Gasteiger partial charge in [-0.3, -0.25) is 4.79 Å². The molecule has 0 aliphatic carbocycles. The standard InChI is InChI=1S/C22H29NO/c1-7-17-10-8-9-16(6)21(17)23-22(24)19-12-11-18(14(2)3)13-20(19)15(4)5/h8-15H,7H2,1-6H3,(H,23,24). The third-order valence-corrected chi connectivity index (χ3v) is 4.59. The fourth-order valence-electron chi connectivity index (χ4n) is 3.01. The van der Waals surface area contributed by atoms with Crippen LogP contribution in [-0.4, -0.2) is 5.91 Å². The Kier molecular flexibility index (Phi) is 5.82. The molecule has 0 atom stereocenters. The van der Waals surface area contributed by atoms with E-state index in [-0.39, 0.29) is 5.91 Å². The summed E-state index contributed by atoms with van der Waals surface area (Å²) in [6.07, 6.45) is 0.903. The minimum Gasteiger partial charge on any atom is -0.321 e. The van der Waals surface area contributed by atoms with Crippen molar-refractivity contribution in [1.29, 1.82) is 0 Å². The van der Waals surface area contributed by atoms with Gasteiger partial charge in [-0.15, -0.1) is 0 Å². The first-order chi connectivity index (χ1) is 11.3. The lowest BCUT2D eigenvalue weighted by atomic mass is 9.91. The van der Waals surface area contributed by atoms with Crippen LogP contribution < -0.4 is 5.32 Å². The minimum absolute atomic E-state index is 0.0157. The van der Waals surface area contributed by atoms with Gasteiger partial charge in [-0.25, -0.2) is 0 Å². The third-order valence-electron chi connectivity index (χ3n) is 4.59. The maximum Gasteiger partial charge on any atom is 0.255 e. The molecule has 2 aromatic carbocycles. The average molecular weight is 323 g/mol. The lowest BCUT2D eigenvalue weighted by Crippen LogP contribution is -2.17. The summed E-state index contributed by atoms with van der Waals surface area (Å²) < 4.78 is 0. The molecule has 24 heavy (non-hydrogen) atoms. The van der Waals surface area contributed by atoms with Gasteiger partial charge in [-0.2, -0.15) is 0 Å². The van der Waals surface area contributed by atoms with Crippen molar-refractivity contribution in [3.8, 4) is 0 Å². The quantitative estimate of drug-likeness (QED) is 0.712. The number of amides is 1. The van der Waals surface area contributed by atoms with Gasteiger partial charge >= 0.3 is 0 Å². The van der Waals surface area contributed by atoms with Crippen LogP contribution in [0.1, 0.15) is 79.1 Å². The van der Waals surface area contributed by atoms with E-state index in [1.807, 2.05) is 25.1 Å². The van der Waals surface area contributed by atoms with Crippen molar-refractivity contribution in [3.63, 3.8) is 0 Å². The maximum absolute atomic E-state index is 12.9. The summed E-state index contributed by atoms with van der Waals surface area (Å²) in [5.74, 6) is 0.757. The molecule has 0 fully saturated rings. The zero-order chi connectivity index (χ0) is 17.9. The Morgan fingerprint density at radius 3 is 2.33 bits per heavy atom. The topological polar surface area (TPSA) is 29.1 Å². The van der Waals surface area contributed by atoms with E-state index >= 15 is 0 Å². The normalized spacial score (nSPS) is 11.2. The number of hydrogen-bond donors (Lipinski definition) is 1. The molecular formula is C22H29NO. The van der Waals surface area contributed by atoms with Crippen molar-refractivity contribution in [2.24, 2.45) is 0 Å². The Labute approximate surface area is 146 Å². The van der Waals surface area contributed by atoms with Crippen LogP contribution in [0.2, 0.25) is 0 Å². The molecule has 1 amide bonds. The molecule has 0 bridgehead atoms. The Bertz CT molecular complexity index is 729. The van der Waals surface area contributed by atoms with Gasteiger partial charge in [-0.1, -0.05) is 65.0 Å². The fourth-order valence-corrected chi connectivity index (χ4v) is 3.01. The SMILES string of the molecule is CCc1cccc(C)c1NC(=O)c1ccc(C(C)C)cc1C(C)C. The molecule has 0 spiro atoms. The molecule has 2 rings (SSSR count). The summed E-state index contributed by atoms with van der Waals surface area (Å²) in [4.78, 5) is 12.9. The zero-order valence-corrected chi connectivity index (χ0v) is 15.7. The van der Waals surface area contributed by atoms with Crippen LogP contribution in [-0.2, 0) is 6.42 Å². The number of hydrogen-bond acceptors (Lipinski definition) is 1. The number of carbonyl (C=O) groups excluding carboxylic acids is 1. The number of nitrogens with one attached hydrogen (secondary N) is 1. The van der Waals surface area contributed by atoms with Gasteiger partial charge in [0.05, 0.1) is 0 Å². The highest BCUT2D eigenvalue weighted by molar-refractivity contribution is 6.06. The Balaban J connectivity index is 2.40. The van der Waals surface area contributed by atoms with Crippen molar-refractivity contribution in [1.82, 2.24) is 0 Å².